The van der Waals surface area contributed by atoms with Gasteiger partial charge in [-0.05, 0) is 44.0 Å². The highest BCUT2D eigenvalue weighted by Gasteiger charge is 2.38. The van der Waals surface area contributed by atoms with Crippen molar-refractivity contribution in [2.24, 2.45) is 5.73 Å². The lowest BCUT2D eigenvalue weighted by Crippen LogP contribution is -2.36. The molecule has 4 nitrogen and oxygen atoms in total. The molecular formula is C18H20F3N3OS. The van der Waals surface area contributed by atoms with E-state index >= 15 is 0 Å². The van der Waals surface area contributed by atoms with E-state index in [4.69, 9.17) is 5.73 Å². The molecule has 1 unspecified atom stereocenters. The van der Waals surface area contributed by atoms with Crippen molar-refractivity contribution in [1.82, 2.24) is 9.88 Å². The average Bonchev–Trinajstić information content (AvgIpc) is 3.32. The van der Waals surface area contributed by atoms with Crippen LogP contribution in [0.25, 0.3) is 0 Å². The first kappa shape index (κ1) is 18.8. The maximum Gasteiger partial charge on any atom is 0.416 e. The highest BCUT2D eigenvalue weighted by atomic mass is 32.1. The van der Waals surface area contributed by atoms with Crippen molar-refractivity contribution in [3.05, 3.63) is 51.5 Å². The van der Waals surface area contributed by atoms with Gasteiger partial charge in [0, 0.05) is 17.8 Å². The Morgan fingerprint density at radius 3 is 2.77 bits per heavy atom. The number of nitrogens with zero attached hydrogens (tertiary/aromatic N) is 2. The zero-order valence-corrected chi connectivity index (χ0v) is 15.1. The van der Waals surface area contributed by atoms with Gasteiger partial charge in [0.15, 0.2) is 0 Å². The molecule has 0 aliphatic heterocycles. The van der Waals surface area contributed by atoms with E-state index in [1.54, 1.807) is 23.3 Å². The zero-order chi connectivity index (χ0) is 18.9. The molecule has 1 amide bonds. The third kappa shape index (κ3) is 4.07. The summed E-state index contributed by atoms with van der Waals surface area (Å²) in [6.45, 7) is 2.22. The van der Waals surface area contributed by atoms with Gasteiger partial charge < -0.3 is 10.6 Å². The number of nitrogens with two attached hydrogens (primary N) is 1. The van der Waals surface area contributed by atoms with Crippen molar-refractivity contribution in [3.8, 4) is 0 Å². The molecule has 1 aliphatic carbocycles. The smallest absolute Gasteiger partial charge is 0.330 e. The number of halogens is 3. The summed E-state index contributed by atoms with van der Waals surface area (Å²) in [5, 5.41) is 2.49. The van der Waals surface area contributed by atoms with Gasteiger partial charge in [0.2, 0.25) is 0 Å². The van der Waals surface area contributed by atoms with Gasteiger partial charge in [-0.3, -0.25) is 4.79 Å². The van der Waals surface area contributed by atoms with Crippen LogP contribution in [0.5, 0.6) is 0 Å². The Labute approximate surface area is 153 Å². The SMILES string of the molecule is CC(c1cccc(C(F)(F)F)c1)N(C(=O)c1csc(CCN)n1)C1CC1. The monoisotopic (exact) mass is 383 g/mol. The van der Waals surface area contributed by atoms with Crippen LogP contribution in [0.2, 0.25) is 0 Å². The van der Waals surface area contributed by atoms with Gasteiger partial charge in [-0.1, -0.05) is 12.1 Å². The largest absolute Gasteiger partial charge is 0.416 e. The average molecular weight is 383 g/mol. The summed E-state index contributed by atoms with van der Waals surface area (Å²) in [5.74, 6) is -0.239. The van der Waals surface area contributed by atoms with Crippen molar-refractivity contribution in [2.75, 3.05) is 6.54 Å². The molecule has 1 atom stereocenters. The van der Waals surface area contributed by atoms with Gasteiger partial charge in [-0.25, -0.2) is 4.98 Å². The van der Waals surface area contributed by atoms with Gasteiger partial charge >= 0.3 is 6.18 Å². The highest BCUT2D eigenvalue weighted by Crippen LogP contribution is 2.37. The summed E-state index contributed by atoms with van der Waals surface area (Å²) in [5.41, 5.74) is 5.62. The Bertz CT molecular complexity index is 786. The third-order valence-corrected chi connectivity index (χ3v) is 5.33. The number of aromatic nitrogens is 1. The number of hydrogen-bond donors (Lipinski definition) is 1. The molecule has 1 aliphatic rings. The Kier molecular flexibility index (Phi) is 5.34. The molecule has 0 radical (unpaired) electrons. The standard InChI is InChI=1S/C18H20F3N3OS/c1-11(12-3-2-4-13(9-12)18(19,20)21)24(14-5-6-14)17(25)15-10-26-16(23-15)7-8-22/h2-4,9-11,14H,5-8,22H2,1H3. The molecule has 2 aromatic rings. The fourth-order valence-corrected chi connectivity index (χ4v) is 3.71. The lowest BCUT2D eigenvalue weighted by atomic mass is 10.0. The second-order valence-electron chi connectivity index (χ2n) is 6.41. The Balaban J connectivity index is 1.86. The molecule has 26 heavy (non-hydrogen) atoms. The minimum absolute atomic E-state index is 0.0479. The minimum atomic E-state index is -4.41. The number of hydrogen-bond acceptors (Lipinski definition) is 4. The molecule has 2 N–H and O–H groups in total. The zero-order valence-electron chi connectivity index (χ0n) is 14.3. The van der Waals surface area contributed by atoms with Crippen LogP contribution in [-0.4, -0.2) is 28.4 Å². The van der Waals surface area contributed by atoms with Gasteiger partial charge in [0.05, 0.1) is 16.6 Å². The summed E-state index contributed by atoms with van der Waals surface area (Å²) >= 11 is 1.38. The van der Waals surface area contributed by atoms with Crippen molar-refractivity contribution >= 4 is 17.2 Å². The lowest BCUT2D eigenvalue weighted by Gasteiger charge is -2.29. The molecule has 0 bridgehead atoms. The summed E-state index contributed by atoms with van der Waals surface area (Å²) in [6, 6.07) is 4.76. The molecule has 8 heteroatoms. The number of alkyl halides is 3. The summed E-state index contributed by atoms with van der Waals surface area (Å²) in [4.78, 5) is 19.0. The molecule has 0 spiro atoms. The van der Waals surface area contributed by atoms with E-state index in [9.17, 15) is 18.0 Å². The van der Waals surface area contributed by atoms with E-state index in [0.717, 1.165) is 30.0 Å². The molecule has 140 valence electrons. The number of carbonyl (C=O) groups is 1. The van der Waals surface area contributed by atoms with E-state index < -0.39 is 17.8 Å². The first-order chi connectivity index (χ1) is 12.3. The van der Waals surface area contributed by atoms with E-state index in [0.29, 0.717) is 24.2 Å². The van der Waals surface area contributed by atoms with Gasteiger partial charge in [-0.15, -0.1) is 11.3 Å². The molecular weight excluding hydrogens is 363 g/mol. The van der Waals surface area contributed by atoms with Crippen molar-refractivity contribution in [1.29, 1.82) is 0 Å². The summed E-state index contributed by atoms with van der Waals surface area (Å²) in [6.07, 6.45) is -2.09. The number of benzene rings is 1. The topological polar surface area (TPSA) is 59.2 Å². The molecule has 1 saturated carbocycles. The fourth-order valence-electron chi connectivity index (χ4n) is 2.93. The first-order valence-electron chi connectivity index (χ1n) is 8.45. The van der Waals surface area contributed by atoms with Crippen molar-refractivity contribution < 1.29 is 18.0 Å². The van der Waals surface area contributed by atoms with Crippen LogP contribution in [0, 0.1) is 0 Å². The first-order valence-corrected chi connectivity index (χ1v) is 9.33. The molecule has 1 aromatic heterocycles. The van der Waals surface area contributed by atoms with Crippen LogP contribution in [-0.2, 0) is 12.6 Å². The van der Waals surface area contributed by atoms with Gasteiger partial charge in [-0.2, -0.15) is 13.2 Å². The number of amides is 1. The summed E-state index contributed by atoms with van der Waals surface area (Å²) in [7, 11) is 0. The number of rotatable bonds is 6. The van der Waals surface area contributed by atoms with E-state index in [1.807, 2.05) is 0 Å². The van der Waals surface area contributed by atoms with Gasteiger partial charge in [0.1, 0.15) is 5.69 Å². The lowest BCUT2D eigenvalue weighted by molar-refractivity contribution is -0.137. The number of thiazole rings is 1. The summed E-state index contributed by atoms with van der Waals surface area (Å²) < 4.78 is 39.0. The van der Waals surface area contributed by atoms with Crippen molar-refractivity contribution in [2.45, 2.75) is 44.4 Å². The predicted octanol–water partition coefficient (Wildman–Crippen LogP) is 4.03. The Morgan fingerprint density at radius 1 is 1.42 bits per heavy atom. The molecule has 1 aromatic carbocycles. The maximum absolute atomic E-state index is 13.0. The van der Waals surface area contributed by atoms with Crippen LogP contribution in [0.15, 0.2) is 29.6 Å². The Hall–Kier alpha value is -1.93. The van der Waals surface area contributed by atoms with Crippen LogP contribution < -0.4 is 5.73 Å². The van der Waals surface area contributed by atoms with Crippen LogP contribution in [0.1, 0.15) is 52.4 Å². The van der Waals surface area contributed by atoms with Crippen LogP contribution in [0.3, 0.4) is 0 Å². The quantitative estimate of drug-likeness (QED) is 0.819. The van der Waals surface area contributed by atoms with E-state index in [1.165, 1.54) is 17.4 Å². The molecule has 1 heterocycles. The van der Waals surface area contributed by atoms with E-state index in [2.05, 4.69) is 4.98 Å². The molecule has 3 rings (SSSR count). The molecule has 1 fully saturated rings. The third-order valence-electron chi connectivity index (χ3n) is 4.42. The normalized spacial score (nSPS) is 15.7. The van der Waals surface area contributed by atoms with E-state index in [-0.39, 0.29) is 11.9 Å². The Morgan fingerprint density at radius 2 is 2.15 bits per heavy atom. The highest BCUT2D eigenvalue weighted by molar-refractivity contribution is 7.09. The predicted molar refractivity (Wildman–Crippen MR) is 93.9 cm³/mol. The maximum atomic E-state index is 13.0. The number of carbonyl (C=O) groups excluding carboxylic acids is 1. The second kappa shape index (κ2) is 7.36. The fraction of sp³-hybridized carbons (Fsp3) is 0.444. The minimum Gasteiger partial charge on any atom is -0.330 e. The second-order valence-corrected chi connectivity index (χ2v) is 7.35. The van der Waals surface area contributed by atoms with Crippen molar-refractivity contribution in [3.63, 3.8) is 0 Å². The van der Waals surface area contributed by atoms with Crippen LogP contribution >= 0.6 is 11.3 Å². The van der Waals surface area contributed by atoms with Gasteiger partial charge in [0.25, 0.3) is 5.91 Å². The van der Waals surface area contributed by atoms with Crippen LogP contribution in [0.4, 0.5) is 13.2 Å². The molecule has 0 saturated heterocycles.